The molecule has 0 rings (SSSR count). The van der Waals surface area contributed by atoms with Crippen LogP contribution in [0, 0.1) is 5.92 Å². The van der Waals surface area contributed by atoms with Gasteiger partial charge in [0.15, 0.2) is 0 Å². The average molecular weight is 417 g/mol. The minimum atomic E-state index is -1.09. The van der Waals surface area contributed by atoms with Crippen LogP contribution in [0.15, 0.2) is 0 Å². The highest BCUT2D eigenvalue weighted by Crippen LogP contribution is 2.15. The molecular weight excluding hydrogens is 380 g/mol. The Balaban J connectivity index is 4.93. The fraction of sp³-hybridized carbons (Fsp3) is 0.789. The Morgan fingerprint density at radius 3 is 1.69 bits per heavy atom. The highest BCUT2D eigenvalue weighted by molar-refractivity contribution is 5.80. The average Bonchev–Trinajstić information content (AvgIpc) is 2.49. The Hall–Kier alpha value is -2.20. The van der Waals surface area contributed by atoms with Crippen molar-refractivity contribution >= 4 is 23.8 Å². The second-order valence-electron chi connectivity index (χ2n) is 8.19. The maximum absolute atomic E-state index is 12.4. The molecular formula is C19H36N4O6. The van der Waals surface area contributed by atoms with E-state index in [9.17, 15) is 19.2 Å². The van der Waals surface area contributed by atoms with E-state index in [0.717, 1.165) is 6.42 Å². The van der Waals surface area contributed by atoms with Gasteiger partial charge in [-0.25, -0.2) is 0 Å². The highest BCUT2D eigenvalue weighted by atomic mass is 16.4. The van der Waals surface area contributed by atoms with E-state index < -0.39 is 17.5 Å². The molecule has 0 atom stereocenters. The lowest BCUT2D eigenvalue weighted by atomic mass is 9.93. The quantitative estimate of drug-likeness (QED) is 0.289. The van der Waals surface area contributed by atoms with Crippen molar-refractivity contribution in [3.8, 4) is 0 Å². The van der Waals surface area contributed by atoms with Gasteiger partial charge in [0.25, 0.3) is 0 Å². The maximum atomic E-state index is 12.4. The zero-order valence-corrected chi connectivity index (χ0v) is 18.2. The number of carbonyl (C=O) groups is 4. The van der Waals surface area contributed by atoms with Gasteiger partial charge in [-0.1, -0.05) is 13.8 Å². The number of carboxylic acid groups (broad SMARTS) is 2. The summed E-state index contributed by atoms with van der Waals surface area (Å²) in [5, 5.41) is 23.7. The SMILES string of the molecule is CCNC(=O)CN(CCN(CC(=O)O)CC(=O)NC(C)(C)CC(C)C)CC(=O)O. The van der Waals surface area contributed by atoms with Crippen LogP contribution in [0.4, 0.5) is 0 Å². The molecule has 0 bridgehead atoms. The van der Waals surface area contributed by atoms with Crippen molar-refractivity contribution in [2.75, 3.05) is 45.8 Å². The summed E-state index contributed by atoms with van der Waals surface area (Å²) in [4.78, 5) is 49.2. The van der Waals surface area contributed by atoms with Gasteiger partial charge in [-0.05, 0) is 33.1 Å². The molecule has 2 amide bonds. The molecule has 0 aliphatic heterocycles. The molecule has 0 unspecified atom stereocenters. The molecule has 29 heavy (non-hydrogen) atoms. The number of hydrogen-bond acceptors (Lipinski definition) is 6. The van der Waals surface area contributed by atoms with Crippen LogP contribution in [-0.2, 0) is 19.2 Å². The maximum Gasteiger partial charge on any atom is 0.317 e. The molecule has 0 aromatic rings. The van der Waals surface area contributed by atoms with Crippen molar-refractivity contribution in [3.63, 3.8) is 0 Å². The largest absolute Gasteiger partial charge is 0.480 e. The molecule has 4 N–H and O–H groups in total. The minimum Gasteiger partial charge on any atom is -0.480 e. The standard InChI is InChI=1S/C19H36N4O6/c1-6-20-15(24)10-22(12-17(26)27)7-8-23(13-18(28)29)11-16(25)21-19(4,5)9-14(2)3/h14H,6-13H2,1-5H3,(H,20,24)(H,21,25)(H,26,27)(H,28,29). The van der Waals surface area contributed by atoms with Crippen LogP contribution in [0.1, 0.15) is 41.0 Å². The molecule has 0 aliphatic rings. The molecule has 0 heterocycles. The predicted octanol–water partition coefficient (Wildman–Crippen LogP) is -0.163. The van der Waals surface area contributed by atoms with E-state index in [1.807, 2.05) is 13.8 Å². The van der Waals surface area contributed by atoms with Gasteiger partial charge < -0.3 is 20.8 Å². The summed E-state index contributed by atoms with van der Waals surface area (Å²) in [7, 11) is 0. The first kappa shape index (κ1) is 26.8. The van der Waals surface area contributed by atoms with Crippen molar-refractivity contribution < 1.29 is 29.4 Å². The van der Waals surface area contributed by atoms with Gasteiger partial charge in [-0.15, -0.1) is 0 Å². The van der Waals surface area contributed by atoms with Crippen LogP contribution in [-0.4, -0.2) is 95.1 Å². The molecule has 0 fully saturated rings. The van der Waals surface area contributed by atoms with Gasteiger partial charge in [0.05, 0.1) is 26.2 Å². The number of hydrogen-bond donors (Lipinski definition) is 4. The molecule has 0 saturated carbocycles. The number of likely N-dealkylation sites (N-methyl/N-ethyl adjacent to an activating group) is 1. The third kappa shape index (κ3) is 14.5. The van der Waals surface area contributed by atoms with E-state index in [2.05, 4.69) is 24.5 Å². The summed E-state index contributed by atoms with van der Waals surface area (Å²) in [6, 6.07) is 0. The summed E-state index contributed by atoms with van der Waals surface area (Å²) in [5.74, 6) is -2.41. The van der Waals surface area contributed by atoms with E-state index in [1.54, 1.807) is 6.92 Å². The number of nitrogens with one attached hydrogen (secondary N) is 2. The second-order valence-corrected chi connectivity index (χ2v) is 8.19. The van der Waals surface area contributed by atoms with Gasteiger partial charge in [0.1, 0.15) is 0 Å². The van der Waals surface area contributed by atoms with Crippen LogP contribution < -0.4 is 10.6 Å². The third-order valence-corrected chi connectivity index (χ3v) is 3.95. The fourth-order valence-electron chi connectivity index (χ4n) is 3.24. The number of amides is 2. The summed E-state index contributed by atoms with van der Waals surface area (Å²) in [6.07, 6.45) is 0.774. The summed E-state index contributed by atoms with van der Waals surface area (Å²) in [6.45, 7) is 9.42. The number of carboxylic acids is 2. The van der Waals surface area contributed by atoms with Crippen LogP contribution in [0.2, 0.25) is 0 Å². The molecule has 10 heteroatoms. The molecule has 0 spiro atoms. The van der Waals surface area contributed by atoms with Crippen molar-refractivity contribution in [2.24, 2.45) is 5.92 Å². The smallest absolute Gasteiger partial charge is 0.317 e. The third-order valence-electron chi connectivity index (χ3n) is 3.95. The zero-order chi connectivity index (χ0) is 22.6. The number of nitrogens with zero attached hydrogens (tertiary/aromatic N) is 2. The molecule has 0 saturated heterocycles. The van der Waals surface area contributed by atoms with Gasteiger partial charge in [-0.3, -0.25) is 29.0 Å². The van der Waals surface area contributed by atoms with Crippen molar-refractivity contribution in [3.05, 3.63) is 0 Å². The lowest BCUT2D eigenvalue weighted by Gasteiger charge is -2.30. The minimum absolute atomic E-state index is 0.116. The van der Waals surface area contributed by atoms with Gasteiger partial charge >= 0.3 is 11.9 Å². The number of carbonyl (C=O) groups excluding carboxylic acids is 2. The predicted molar refractivity (Wildman–Crippen MR) is 109 cm³/mol. The summed E-state index contributed by atoms with van der Waals surface area (Å²) >= 11 is 0. The van der Waals surface area contributed by atoms with Gasteiger partial charge in [0.2, 0.25) is 11.8 Å². The molecule has 10 nitrogen and oxygen atoms in total. The lowest BCUT2D eigenvalue weighted by molar-refractivity contribution is -0.141. The zero-order valence-electron chi connectivity index (χ0n) is 18.2. The van der Waals surface area contributed by atoms with E-state index >= 15 is 0 Å². The second kappa shape index (κ2) is 13.1. The number of aliphatic carboxylic acids is 2. The molecule has 0 aromatic heterocycles. The van der Waals surface area contributed by atoms with Crippen LogP contribution in [0.25, 0.3) is 0 Å². The molecule has 168 valence electrons. The topological polar surface area (TPSA) is 139 Å². The van der Waals surface area contributed by atoms with Gasteiger partial charge in [0, 0.05) is 25.2 Å². The van der Waals surface area contributed by atoms with E-state index in [4.69, 9.17) is 10.2 Å². The molecule has 0 aliphatic carbocycles. The Morgan fingerprint density at radius 2 is 1.31 bits per heavy atom. The Bertz CT molecular complexity index is 565. The fourth-order valence-corrected chi connectivity index (χ4v) is 3.24. The van der Waals surface area contributed by atoms with Crippen LogP contribution in [0.3, 0.4) is 0 Å². The van der Waals surface area contributed by atoms with Crippen molar-refractivity contribution in [1.29, 1.82) is 0 Å². The van der Waals surface area contributed by atoms with E-state index in [1.165, 1.54) is 9.80 Å². The lowest BCUT2D eigenvalue weighted by Crippen LogP contribution is -2.50. The Labute approximate surface area is 172 Å². The highest BCUT2D eigenvalue weighted by Gasteiger charge is 2.24. The van der Waals surface area contributed by atoms with Crippen LogP contribution in [0.5, 0.6) is 0 Å². The normalized spacial score (nSPS) is 11.7. The summed E-state index contributed by atoms with van der Waals surface area (Å²) in [5.41, 5.74) is -0.423. The molecule has 0 radical (unpaired) electrons. The molecule has 0 aromatic carbocycles. The Morgan fingerprint density at radius 1 is 0.862 bits per heavy atom. The van der Waals surface area contributed by atoms with Crippen LogP contribution >= 0.6 is 0 Å². The van der Waals surface area contributed by atoms with Gasteiger partial charge in [-0.2, -0.15) is 0 Å². The first-order chi connectivity index (χ1) is 13.3. The van der Waals surface area contributed by atoms with E-state index in [-0.39, 0.29) is 51.1 Å². The monoisotopic (exact) mass is 416 g/mol. The summed E-state index contributed by atoms with van der Waals surface area (Å²) < 4.78 is 0. The van der Waals surface area contributed by atoms with Crippen molar-refractivity contribution in [2.45, 2.75) is 46.6 Å². The van der Waals surface area contributed by atoms with Crippen molar-refractivity contribution in [1.82, 2.24) is 20.4 Å². The Kier molecular flexibility index (Phi) is 12.1. The first-order valence-corrected chi connectivity index (χ1v) is 9.80. The number of rotatable bonds is 15. The first-order valence-electron chi connectivity index (χ1n) is 9.80. The van der Waals surface area contributed by atoms with E-state index in [0.29, 0.717) is 12.5 Å².